The third kappa shape index (κ3) is 5.04. The maximum Gasteiger partial charge on any atom is 0.191 e. The molecule has 0 fully saturated rings. The maximum absolute atomic E-state index is 4.82. The Labute approximate surface area is 153 Å². The summed E-state index contributed by atoms with van der Waals surface area (Å²) in [6, 6.07) is 2.00. The molecule has 0 saturated heterocycles. The van der Waals surface area contributed by atoms with Gasteiger partial charge in [-0.05, 0) is 45.1 Å². The first-order valence-electron chi connectivity index (χ1n) is 9.22. The Balaban J connectivity index is 1.45. The van der Waals surface area contributed by atoms with E-state index in [0.717, 1.165) is 37.6 Å². The van der Waals surface area contributed by atoms with Crippen molar-refractivity contribution in [3.63, 3.8) is 0 Å². The molecule has 0 unspecified atom stereocenters. The third-order valence-electron chi connectivity index (χ3n) is 4.42. The molecule has 2 N–H and O–H groups in total. The molecule has 2 aromatic heterocycles. The number of aliphatic imine (C=N–C) groups is 1. The highest BCUT2D eigenvalue weighted by Crippen LogP contribution is 2.27. The van der Waals surface area contributed by atoms with Gasteiger partial charge >= 0.3 is 0 Å². The Hall–Kier alpha value is -1.89. The number of hydrogen-bond acceptors (Lipinski definition) is 4. The highest BCUT2D eigenvalue weighted by atomic mass is 32.1. The molecule has 0 atom stereocenters. The van der Waals surface area contributed by atoms with Gasteiger partial charge in [0.15, 0.2) is 5.96 Å². The van der Waals surface area contributed by atoms with E-state index < -0.39 is 0 Å². The molecular weight excluding hydrogens is 332 g/mol. The minimum absolute atomic E-state index is 0.630. The molecule has 0 spiro atoms. The Morgan fingerprint density at radius 2 is 2.20 bits per heavy atom. The zero-order chi connectivity index (χ0) is 17.5. The van der Waals surface area contributed by atoms with Crippen LogP contribution in [0.25, 0.3) is 0 Å². The van der Waals surface area contributed by atoms with Crippen LogP contribution in [0, 0.1) is 0 Å². The van der Waals surface area contributed by atoms with Gasteiger partial charge < -0.3 is 10.6 Å². The second-order valence-electron chi connectivity index (χ2n) is 6.36. The Kier molecular flexibility index (Phi) is 6.44. The molecule has 25 heavy (non-hydrogen) atoms. The highest BCUT2D eigenvalue weighted by molar-refractivity contribution is 7.11. The van der Waals surface area contributed by atoms with Gasteiger partial charge in [0.2, 0.25) is 0 Å². The molecule has 0 saturated carbocycles. The lowest BCUT2D eigenvalue weighted by atomic mass is 10.0. The van der Waals surface area contributed by atoms with Crippen LogP contribution in [0.3, 0.4) is 0 Å². The van der Waals surface area contributed by atoms with Crippen LogP contribution in [0.4, 0.5) is 0 Å². The molecule has 0 aromatic carbocycles. The van der Waals surface area contributed by atoms with Crippen LogP contribution in [-0.2, 0) is 32.9 Å². The second kappa shape index (κ2) is 8.99. The summed E-state index contributed by atoms with van der Waals surface area (Å²) < 4.78 is 1.86. The lowest BCUT2D eigenvalue weighted by Crippen LogP contribution is -2.37. The molecule has 6 nitrogen and oxygen atoms in total. The van der Waals surface area contributed by atoms with Gasteiger partial charge in [-0.2, -0.15) is 5.10 Å². The fraction of sp³-hybridized carbons (Fsp3) is 0.611. The van der Waals surface area contributed by atoms with E-state index in [1.165, 1.54) is 41.3 Å². The van der Waals surface area contributed by atoms with Crippen molar-refractivity contribution in [3.05, 3.63) is 33.5 Å². The normalized spacial score (nSPS) is 14.4. The minimum atomic E-state index is 0.630. The minimum Gasteiger partial charge on any atom is -0.357 e. The van der Waals surface area contributed by atoms with Crippen LogP contribution in [0.2, 0.25) is 0 Å². The van der Waals surface area contributed by atoms with Gasteiger partial charge in [0.1, 0.15) is 0 Å². The number of nitrogens with one attached hydrogen (secondary N) is 2. The lowest BCUT2D eigenvalue weighted by Gasteiger charge is -2.11. The van der Waals surface area contributed by atoms with Crippen LogP contribution < -0.4 is 10.6 Å². The van der Waals surface area contributed by atoms with Crippen molar-refractivity contribution >= 4 is 17.3 Å². The largest absolute Gasteiger partial charge is 0.357 e. The first-order valence-corrected chi connectivity index (χ1v) is 10.0. The van der Waals surface area contributed by atoms with E-state index in [1.54, 1.807) is 6.20 Å². The van der Waals surface area contributed by atoms with Crippen LogP contribution in [0.5, 0.6) is 0 Å². The van der Waals surface area contributed by atoms with E-state index in [1.807, 2.05) is 29.1 Å². The van der Waals surface area contributed by atoms with E-state index in [-0.39, 0.29) is 0 Å². The van der Waals surface area contributed by atoms with Crippen molar-refractivity contribution in [3.8, 4) is 0 Å². The number of nitrogens with zero attached hydrogens (tertiary/aromatic N) is 4. The van der Waals surface area contributed by atoms with Crippen molar-refractivity contribution in [2.75, 3.05) is 13.1 Å². The number of aryl methyl sites for hydroxylation is 4. The smallest absolute Gasteiger partial charge is 0.191 e. The fourth-order valence-corrected chi connectivity index (χ4v) is 4.22. The fourth-order valence-electron chi connectivity index (χ4n) is 3.02. The second-order valence-corrected chi connectivity index (χ2v) is 7.52. The summed E-state index contributed by atoms with van der Waals surface area (Å²) >= 11 is 1.92. The molecule has 2 heterocycles. The average Bonchev–Trinajstić information content (AvgIpc) is 3.21. The van der Waals surface area contributed by atoms with Gasteiger partial charge in [0.05, 0.1) is 22.9 Å². The van der Waals surface area contributed by atoms with E-state index in [0.29, 0.717) is 6.54 Å². The van der Waals surface area contributed by atoms with Gasteiger partial charge in [0, 0.05) is 37.6 Å². The van der Waals surface area contributed by atoms with Crippen LogP contribution in [0.15, 0.2) is 17.3 Å². The van der Waals surface area contributed by atoms with Gasteiger partial charge in [-0.3, -0.25) is 4.68 Å². The van der Waals surface area contributed by atoms with E-state index in [2.05, 4.69) is 27.6 Å². The monoisotopic (exact) mass is 360 g/mol. The van der Waals surface area contributed by atoms with E-state index >= 15 is 0 Å². The standard InChI is InChI=1S/C18H28N6S/c1-3-19-18(21-13-14-10-12-22-24(14)2)20-11-6-9-17-23-15-7-4-5-8-16(15)25-17/h10,12H,3-9,11,13H2,1-2H3,(H2,19,20,21). The van der Waals surface area contributed by atoms with Crippen molar-refractivity contribution in [2.24, 2.45) is 12.0 Å². The van der Waals surface area contributed by atoms with Gasteiger partial charge in [-0.15, -0.1) is 11.3 Å². The number of guanidine groups is 1. The summed E-state index contributed by atoms with van der Waals surface area (Å²) in [6.07, 6.45) is 8.96. The first kappa shape index (κ1) is 17.9. The predicted molar refractivity (Wildman–Crippen MR) is 103 cm³/mol. The topological polar surface area (TPSA) is 67.1 Å². The molecular formula is C18H28N6S. The zero-order valence-corrected chi connectivity index (χ0v) is 16.0. The van der Waals surface area contributed by atoms with Crippen molar-refractivity contribution in [1.82, 2.24) is 25.4 Å². The molecule has 1 aliphatic rings. The molecule has 0 amide bonds. The summed E-state index contributed by atoms with van der Waals surface area (Å²) in [7, 11) is 1.94. The Bertz CT molecular complexity index is 679. The zero-order valence-electron chi connectivity index (χ0n) is 15.2. The summed E-state index contributed by atoms with van der Waals surface area (Å²) in [5, 5.41) is 12.2. The van der Waals surface area contributed by atoms with Crippen LogP contribution in [-0.4, -0.2) is 33.8 Å². The molecule has 3 rings (SSSR count). The SMILES string of the molecule is CCNC(=NCc1ccnn1C)NCCCc1nc2c(s1)CCCC2. The molecule has 2 aromatic rings. The lowest BCUT2D eigenvalue weighted by molar-refractivity contribution is 0.678. The van der Waals surface area contributed by atoms with Gasteiger partial charge in [0.25, 0.3) is 0 Å². The number of aromatic nitrogens is 3. The van der Waals surface area contributed by atoms with Gasteiger partial charge in [-0.25, -0.2) is 9.98 Å². The number of hydrogen-bond donors (Lipinski definition) is 2. The first-order chi connectivity index (χ1) is 12.3. The van der Waals surface area contributed by atoms with Crippen LogP contribution >= 0.6 is 11.3 Å². The quantitative estimate of drug-likeness (QED) is 0.452. The number of fused-ring (bicyclic) bond motifs is 1. The Morgan fingerprint density at radius 3 is 2.96 bits per heavy atom. The summed E-state index contributed by atoms with van der Waals surface area (Å²) in [4.78, 5) is 11.0. The van der Waals surface area contributed by atoms with E-state index in [4.69, 9.17) is 4.98 Å². The van der Waals surface area contributed by atoms with Crippen molar-refractivity contribution < 1.29 is 0 Å². The molecule has 7 heteroatoms. The summed E-state index contributed by atoms with van der Waals surface area (Å²) in [6.45, 7) is 4.48. The van der Waals surface area contributed by atoms with Crippen LogP contribution in [0.1, 0.15) is 47.5 Å². The van der Waals surface area contributed by atoms with Crippen molar-refractivity contribution in [1.29, 1.82) is 0 Å². The average molecular weight is 361 g/mol. The highest BCUT2D eigenvalue weighted by Gasteiger charge is 2.14. The van der Waals surface area contributed by atoms with Gasteiger partial charge in [-0.1, -0.05) is 0 Å². The number of thiazole rings is 1. The molecule has 136 valence electrons. The third-order valence-corrected chi connectivity index (χ3v) is 5.63. The number of rotatable bonds is 7. The van der Waals surface area contributed by atoms with E-state index in [9.17, 15) is 0 Å². The van der Waals surface area contributed by atoms with Crippen molar-refractivity contribution in [2.45, 2.75) is 52.0 Å². The molecule has 0 radical (unpaired) electrons. The molecule has 0 bridgehead atoms. The molecule has 0 aliphatic heterocycles. The summed E-state index contributed by atoms with van der Waals surface area (Å²) in [5.74, 6) is 0.863. The summed E-state index contributed by atoms with van der Waals surface area (Å²) in [5.41, 5.74) is 2.47. The molecule has 1 aliphatic carbocycles. The maximum atomic E-state index is 4.82. The predicted octanol–water partition coefficient (Wildman–Crippen LogP) is 2.44. The Morgan fingerprint density at radius 1 is 1.32 bits per heavy atom.